The summed E-state index contributed by atoms with van der Waals surface area (Å²) in [4.78, 5) is 19.3. The number of aromatic carboxylic acids is 1. The van der Waals surface area contributed by atoms with Crippen molar-refractivity contribution >= 4 is 29.1 Å². The van der Waals surface area contributed by atoms with Crippen molar-refractivity contribution in [2.45, 2.75) is 6.61 Å². The normalized spacial score (nSPS) is 10.5. The van der Waals surface area contributed by atoms with Crippen LogP contribution in [-0.4, -0.2) is 42.4 Å². The number of carboxylic acid groups (broad SMARTS) is 1. The molecule has 0 aliphatic heterocycles. The fourth-order valence-electron chi connectivity index (χ4n) is 2.80. The van der Waals surface area contributed by atoms with Crippen LogP contribution in [0.5, 0.6) is 23.3 Å². The maximum atomic E-state index is 14.3. The Morgan fingerprint density at radius 2 is 1.82 bits per heavy atom. The van der Waals surface area contributed by atoms with Gasteiger partial charge in [-0.15, -0.1) is 0 Å². The molecule has 0 aliphatic rings. The minimum absolute atomic E-state index is 0.0720. The van der Waals surface area contributed by atoms with Gasteiger partial charge in [0.1, 0.15) is 17.9 Å². The Hall–Kier alpha value is -3.86. The molecule has 1 aromatic heterocycles. The summed E-state index contributed by atoms with van der Waals surface area (Å²) in [6.07, 6.45) is 1.07. The van der Waals surface area contributed by atoms with Crippen LogP contribution in [-0.2, 0) is 6.61 Å². The smallest absolute Gasteiger partial charge is 0.341 e. The highest BCUT2D eigenvalue weighted by Crippen LogP contribution is 2.39. The van der Waals surface area contributed by atoms with Gasteiger partial charge in [0.25, 0.3) is 0 Å². The molecule has 3 rings (SSSR count). The molecule has 0 fully saturated rings. The Morgan fingerprint density at radius 1 is 1.09 bits per heavy atom. The SMILES string of the molecule is COc1ncc(C(=O)O)c(Nc2cc(OCc3c(OC)ccc(F)c3F)c(OC)cc2Cl)n1. The second-order valence-corrected chi connectivity index (χ2v) is 6.77. The van der Waals surface area contributed by atoms with Gasteiger partial charge < -0.3 is 29.4 Å². The lowest BCUT2D eigenvalue weighted by Crippen LogP contribution is -2.08. The van der Waals surface area contributed by atoms with E-state index in [1.54, 1.807) is 0 Å². The van der Waals surface area contributed by atoms with Crippen LogP contribution in [0.15, 0.2) is 30.5 Å². The molecule has 2 aromatic carbocycles. The Morgan fingerprint density at radius 3 is 2.45 bits per heavy atom. The highest BCUT2D eigenvalue weighted by Gasteiger charge is 2.19. The molecule has 0 bridgehead atoms. The van der Waals surface area contributed by atoms with Crippen LogP contribution in [0, 0.1) is 11.6 Å². The van der Waals surface area contributed by atoms with E-state index in [2.05, 4.69) is 15.3 Å². The summed E-state index contributed by atoms with van der Waals surface area (Å²) >= 11 is 6.30. The fourth-order valence-corrected chi connectivity index (χ4v) is 3.00. The molecule has 2 N–H and O–H groups in total. The average molecular weight is 482 g/mol. The summed E-state index contributed by atoms with van der Waals surface area (Å²) in [5.74, 6) is -3.15. The Balaban J connectivity index is 1.97. The third-order valence-electron chi connectivity index (χ3n) is 4.43. The number of halogens is 3. The zero-order chi connectivity index (χ0) is 24.1. The van der Waals surface area contributed by atoms with Crippen molar-refractivity contribution in [2.24, 2.45) is 0 Å². The topological polar surface area (TPSA) is 112 Å². The third-order valence-corrected chi connectivity index (χ3v) is 4.74. The zero-order valence-electron chi connectivity index (χ0n) is 17.6. The first kappa shape index (κ1) is 23.8. The largest absolute Gasteiger partial charge is 0.496 e. The molecule has 0 amide bonds. The number of anilines is 2. The summed E-state index contributed by atoms with van der Waals surface area (Å²) in [5.41, 5.74) is -0.183. The van der Waals surface area contributed by atoms with E-state index in [9.17, 15) is 18.7 Å². The average Bonchev–Trinajstić information content (AvgIpc) is 2.81. The monoisotopic (exact) mass is 481 g/mol. The minimum Gasteiger partial charge on any atom is -0.496 e. The van der Waals surface area contributed by atoms with Crippen molar-refractivity contribution in [2.75, 3.05) is 26.6 Å². The van der Waals surface area contributed by atoms with Gasteiger partial charge in [0.05, 0.1) is 43.8 Å². The first-order chi connectivity index (χ1) is 15.8. The van der Waals surface area contributed by atoms with E-state index in [1.165, 1.54) is 39.5 Å². The molecule has 1 heterocycles. The lowest BCUT2D eigenvalue weighted by atomic mass is 10.2. The molecule has 12 heteroatoms. The number of hydrogen-bond donors (Lipinski definition) is 2. The summed E-state index contributed by atoms with van der Waals surface area (Å²) in [6, 6.07) is 4.94. The number of ether oxygens (including phenoxy) is 4. The molecule has 174 valence electrons. The number of carbonyl (C=O) groups is 1. The molecule has 0 aliphatic carbocycles. The van der Waals surface area contributed by atoms with Crippen LogP contribution in [0.3, 0.4) is 0 Å². The second-order valence-electron chi connectivity index (χ2n) is 6.36. The van der Waals surface area contributed by atoms with Gasteiger partial charge in [-0.25, -0.2) is 18.6 Å². The lowest BCUT2D eigenvalue weighted by Gasteiger charge is -2.17. The highest BCUT2D eigenvalue weighted by molar-refractivity contribution is 6.33. The van der Waals surface area contributed by atoms with E-state index < -0.39 is 24.2 Å². The van der Waals surface area contributed by atoms with E-state index in [1.807, 2.05) is 0 Å². The fraction of sp³-hybridized carbons (Fsp3) is 0.190. The predicted octanol–water partition coefficient (Wildman–Crippen LogP) is 4.45. The molecule has 9 nitrogen and oxygen atoms in total. The molecule has 33 heavy (non-hydrogen) atoms. The molecular weight excluding hydrogens is 464 g/mol. The number of aromatic nitrogens is 2. The number of carboxylic acids is 1. The molecule has 0 radical (unpaired) electrons. The standard InChI is InChI=1S/C21H18ClF2N3O6/c1-30-15-5-4-13(23)18(24)11(15)9-33-17-7-14(12(22)6-16(17)31-2)26-19-10(20(28)29)8-25-21(27-19)32-3/h4-8H,9H2,1-3H3,(H,28,29)(H,25,26,27). The second kappa shape index (κ2) is 10.2. The number of hydrogen-bond acceptors (Lipinski definition) is 8. The minimum atomic E-state index is -1.28. The zero-order valence-corrected chi connectivity index (χ0v) is 18.4. The maximum absolute atomic E-state index is 14.3. The molecule has 0 spiro atoms. The quantitative estimate of drug-likeness (QED) is 0.457. The summed E-state index contributed by atoms with van der Waals surface area (Å²) in [7, 11) is 4.01. The Kier molecular flexibility index (Phi) is 7.34. The van der Waals surface area contributed by atoms with Crippen molar-refractivity contribution in [3.63, 3.8) is 0 Å². The van der Waals surface area contributed by atoms with Crippen molar-refractivity contribution in [1.29, 1.82) is 0 Å². The summed E-state index contributed by atoms with van der Waals surface area (Å²) in [6.45, 7) is -0.397. The van der Waals surface area contributed by atoms with Crippen LogP contribution in [0.4, 0.5) is 20.3 Å². The van der Waals surface area contributed by atoms with Crippen LogP contribution in [0.2, 0.25) is 5.02 Å². The molecular formula is C21H18ClF2N3O6. The van der Waals surface area contributed by atoms with Gasteiger partial charge in [-0.2, -0.15) is 4.98 Å². The van der Waals surface area contributed by atoms with Gasteiger partial charge >= 0.3 is 12.0 Å². The number of nitrogens with zero attached hydrogens (tertiary/aromatic N) is 2. The molecule has 0 saturated heterocycles. The lowest BCUT2D eigenvalue weighted by molar-refractivity contribution is 0.0697. The van der Waals surface area contributed by atoms with Crippen molar-refractivity contribution in [3.8, 4) is 23.3 Å². The summed E-state index contributed by atoms with van der Waals surface area (Å²) in [5, 5.41) is 12.3. The van der Waals surface area contributed by atoms with Crippen molar-refractivity contribution in [3.05, 3.63) is 58.2 Å². The van der Waals surface area contributed by atoms with Gasteiger partial charge in [0.2, 0.25) is 0 Å². The number of nitrogens with one attached hydrogen (secondary N) is 1. The van der Waals surface area contributed by atoms with E-state index >= 15 is 0 Å². The van der Waals surface area contributed by atoms with E-state index in [0.29, 0.717) is 0 Å². The van der Waals surface area contributed by atoms with E-state index in [0.717, 1.165) is 12.3 Å². The van der Waals surface area contributed by atoms with Crippen LogP contribution in [0.25, 0.3) is 0 Å². The van der Waals surface area contributed by atoms with Gasteiger partial charge in [0, 0.05) is 12.1 Å². The van der Waals surface area contributed by atoms with Crippen LogP contribution in [0.1, 0.15) is 15.9 Å². The van der Waals surface area contributed by atoms with Gasteiger partial charge in [-0.1, -0.05) is 11.6 Å². The van der Waals surface area contributed by atoms with E-state index in [4.69, 9.17) is 30.5 Å². The molecule has 0 atom stereocenters. The van der Waals surface area contributed by atoms with Gasteiger partial charge in [-0.3, -0.25) is 0 Å². The van der Waals surface area contributed by atoms with Crippen molar-refractivity contribution in [1.82, 2.24) is 9.97 Å². The van der Waals surface area contributed by atoms with Crippen LogP contribution >= 0.6 is 11.6 Å². The predicted molar refractivity (Wildman–Crippen MR) is 114 cm³/mol. The van der Waals surface area contributed by atoms with Crippen molar-refractivity contribution < 1.29 is 37.6 Å². The summed E-state index contributed by atoms with van der Waals surface area (Å²) < 4.78 is 48.9. The maximum Gasteiger partial charge on any atom is 0.341 e. The third kappa shape index (κ3) is 5.14. The molecule has 3 aromatic rings. The number of benzene rings is 2. The number of methoxy groups -OCH3 is 3. The Labute approximate surface area is 191 Å². The first-order valence-electron chi connectivity index (χ1n) is 9.21. The van der Waals surface area contributed by atoms with Crippen LogP contribution < -0.4 is 24.3 Å². The molecule has 0 saturated carbocycles. The van der Waals surface area contributed by atoms with Gasteiger partial charge in [-0.05, 0) is 12.1 Å². The molecule has 0 unspecified atom stereocenters. The highest BCUT2D eigenvalue weighted by atomic mass is 35.5. The van der Waals surface area contributed by atoms with Gasteiger partial charge in [0.15, 0.2) is 29.0 Å². The number of rotatable bonds is 9. The Bertz CT molecular complexity index is 1200. The first-order valence-corrected chi connectivity index (χ1v) is 9.59. The van der Waals surface area contributed by atoms with E-state index in [-0.39, 0.29) is 50.9 Å².